The van der Waals surface area contributed by atoms with Crippen LogP contribution >= 0.6 is 0 Å². The van der Waals surface area contributed by atoms with Crippen LogP contribution < -0.4 is 0 Å². The van der Waals surface area contributed by atoms with E-state index in [4.69, 9.17) is 4.42 Å². The Morgan fingerprint density at radius 1 is 1.20 bits per heavy atom. The molecule has 2 unspecified atom stereocenters. The normalized spacial score (nSPS) is 27.9. The van der Waals surface area contributed by atoms with E-state index < -0.39 is 5.60 Å². The van der Waals surface area contributed by atoms with Crippen molar-refractivity contribution in [2.24, 2.45) is 11.8 Å². The Bertz CT molecular complexity index is 551. The molecule has 2 aromatic rings. The molecule has 2 heteroatoms. The summed E-state index contributed by atoms with van der Waals surface area (Å²) in [5, 5.41) is 12.1. The van der Waals surface area contributed by atoms with E-state index in [0.717, 1.165) is 48.3 Å². The van der Waals surface area contributed by atoms with E-state index in [-0.39, 0.29) is 0 Å². The summed E-state index contributed by atoms with van der Waals surface area (Å²) in [6, 6.07) is 10.0. The van der Waals surface area contributed by atoms with Gasteiger partial charge in [-0.2, -0.15) is 0 Å². The summed E-state index contributed by atoms with van der Waals surface area (Å²) in [4.78, 5) is 0. The zero-order valence-electron chi connectivity index (χ0n) is 12.4. The van der Waals surface area contributed by atoms with Gasteiger partial charge in [0.2, 0.25) is 0 Å². The zero-order valence-corrected chi connectivity index (χ0v) is 12.4. The average molecular weight is 272 g/mol. The Balaban J connectivity index is 1.87. The first-order valence-electron chi connectivity index (χ1n) is 7.80. The minimum atomic E-state index is -0.775. The predicted octanol–water partition coefficient (Wildman–Crippen LogP) is 4.86. The highest BCUT2D eigenvalue weighted by Gasteiger charge is 2.36. The fourth-order valence-corrected chi connectivity index (χ4v) is 3.47. The van der Waals surface area contributed by atoms with Crippen LogP contribution in [0.15, 0.2) is 34.7 Å². The van der Waals surface area contributed by atoms with Crippen LogP contribution in [0.4, 0.5) is 0 Å². The Hall–Kier alpha value is -1.28. The van der Waals surface area contributed by atoms with Gasteiger partial charge in [-0.25, -0.2) is 0 Å². The first-order chi connectivity index (χ1) is 9.58. The summed E-state index contributed by atoms with van der Waals surface area (Å²) in [6.45, 7) is 4.58. The summed E-state index contributed by atoms with van der Waals surface area (Å²) in [5.41, 5.74) is 0.100. The van der Waals surface area contributed by atoms with Crippen molar-refractivity contribution >= 4 is 11.0 Å². The summed E-state index contributed by atoms with van der Waals surface area (Å²) >= 11 is 0. The quantitative estimate of drug-likeness (QED) is 0.792. The summed E-state index contributed by atoms with van der Waals surface area (Å²) < 4.78 is 5.91. The van der Waals surface area contributed by atoms with Crippen molar-refractivity contribution in [3.05, 3.63) is 36.1 Å². The van der Waals surface area contributed by atoms with E-state index >= 15 is 0 Å². The third-order valence-corrected chi connectivity index (χ3v) is 4.92. The summed E-state index contributed by atoms with van der Waals surface area (Å²) in [5.74, 6) is 2.18. The molecule has 108 valence electrons. The van der Waals surface area contributed by atoms with Gasteiger partial charge in [0.25, 0.3) is 0 Å². The average Bonchev–Trinajstić information content (AvgIpc) is 2.76. The molecule has 0 radical (unpaired) electrons. The van der Waals surface area contributed by atoms with Gasteiger partial charge >= 0.3 is 0 Å². The van der Waals surface area contributed by atoms with Gasteiger partial charge in [0, 0.05) is 5.39 Å². The van der Waals surface area contributed by atoms with Gasteiger partial charge in [-0.1, -0.05) is 38.5 Å². The molecule has 1 aliphatic carbocycles. The van der Waals surface area contributed by atoms with Gasteiger partial charge in [-0.15, -0.1) is 0 Å². The lowest BCUT2D eigenvalue weighted by Crippen LogP contribution is -2.24. The lowest BCUT2D eigenvalue weighted by molar-refractivity contribution is -0.000276. The first-order valence-corrected chi connectivity index (χ1v) is 7.80. The van der Waals surface area contributed by atoms with E-state index in [9.17, 15) is 5.11 Å². The van der Waals surface area contributed by atoms with Crippen molar-refractivity contribution in [3.8, 4) is 0 Å². The molecule has 1 fully saturated rings. The number of furan rings is 1. The molecule has 0 spiro atoms. The van der Waals surface area contributed by atoms with Crippen LogP contribution in [0.1, 0.15) is 51.7 Å². The topological polar surface area (TPSA) is 33.4 Å². The van der Waals surface area contributed by atoms with E-state index in [1.165, 1.54) is 6.42 Å². The van der Waals surface area contributed by atoms with Crippen molar-refractivity contribution < 1.29 is 9.52 Å². The number of hydrogen-bond acceptors (Lipinski definition) is 2. The molecule has 1 aliphatic rings. The molecule has 1 N–H and O–H groups in total. The number of fused-ring (bicyclic) bond motifs is 1. The second-order valence-electron chi connectivity index (χ2n) is 6.62. The Kier molecular flexibility index (Phi) is 3.59. The maximum absolute atomic E-state index is 11.0. The molecular formula is C18H24O2. The molecule has 0 amide bonds. The van der Waals surface area contributed by atoms with Gasteiger partial charge in [0.1, 0.15) is 16.9 Å². The maximum atomic E-state index is 11.0. The Morgan fingerprint density at radius 2 is 2.00 bits per heavy atom. The lowest BCUT2D eigenvalue weighted by Gasteiger charge is -2.24. The van der Waals surface area contributed by atoms with Gasteiger partial charge < -0.3 is 9.52 Å². The van der Waals surface area contributed by atoms with Crippen LogP contribution in [0.25, 0.3) is 11.0 Å². The number of para-hydroxylation sites is 1. The van der Waals surface area contributed by atoms with E-state index in [2.05, 4.69) is 13.8 Å². The maximum Gasteiger partial charge on any atom is 0.136 e. The van der Waals surface area contributed by atoms with Crippen LogP contribution in [0.2, 0.25) is 0 Å². The van der Waals surface area contributed by atoms with E-state index in [1.807, 2.05) is 30.3 Å². The standard InChI is InChI=1S/C18H24O2/c1-13(2)14-7-5-10-18(19,11-9-14)17-12-15-6-3-4-8-16(15)20-17/h3-4,6,8,12-14,19H,5,7,9-11H2,1-2H3. The molecule has 1 aromatic carbocycles. The van der Waals surface area contributed by atoms with Gasteiger partial charge in [-0.05, 0) is 49.7 Å². The molecule has 0 saturated heterocycles. The van der Waals surface area contributed by atoms with Crippen LogP contribution in [-0.4, -0.2) is 5.11 Å². The van der Waals surface area contributed by atoms with Crippen molar-refractivity contribution in [1.29, 1.82) is 0 Å². The van der Waals surface area contributed by atoms with Crippen molar-refractivity contribution in [3.63, 3.8) is 0 Å². The minimum Gasteiger partial charge on any atom is -0.458 e. The first kappa shape index (κ1) is 13.7. The van der Waals surface area contributed by atoms with Crippen molar-refractivity contribution in [1.82, 2.24) is 0 Å². The third kappa shape index (κ3) is 2.49. The summed E-state index contributed by atoms with van der Waals surface area (Å²) in [6.07, 6.45) is 5.02. The molecule has 1 saturated carbocycles. The molecule has 2 nitrogen and oxygen atoms in total. The molecule has 2 atom stereocenters. The third-order valence-electron chi connectivity index (χ3n) is 4.92. The van der Waals surface area contributed by atoms with Gasteiger partial charge in [0.05, 0.1) is 0 Å². The number of aliphatic hydroxyl groups is 1. The zero-order chi connectivity index (χ0) is 14.2. The van der Waals surface area contributed by atoms with Gasteiger partial charge in [0.15, 0.2) is 0 Å². The van der Waals surface area contributed by atoms with Crippen molar-refractivity contribution in [2.75, 3.05) is 0 Å². The second kappa shape index (κ2) is 5.25. The largest absolute Gasteiger partial charge is 0.458 e. The van der Waals surface area contributed by atoms with Crippen molar-refractivity contribution in [2.45, 2.75) is 51.6 Å². The predicted molar refractivity (Wildman–Crippen MR) is 81.5 cm³/mol. The lowest BCUT2D eigenvalue weighted by atomic mass is 9.87. The van der Waals surface area contributed by atoms with Crippen LogP contribution in [0.5, 0.6) is 0 Å². The number of benzene rings is 1. The number of hydrogen-bond donors (Lipinski definition) is 1. The molecule has 1 aromatic heterocycles. The molecule has 0 bridgehead atoms. The highest BCUT2D eigenvalue weighted by Crippen LogP contribution is 2.41. The molecular weight excluding hydrogens is 248 g/mol. The number of rotatable bonds is 2. The molecule has 0 aliphatic heterocycles. The van der Waals surface area contributed by atoms with Gasteiger partial charge in [-0.3, -0.25) is 0 Å². The fraction of sp³-hybridized carbons (Fsp3) is 0.556. The SMILES string of the molecule is CC(C)C1CCCC(O)(c2cc3ccccc3o2)CC1. The Labute approximate surface area is 120 Å². The minimum absolute atomic E-state index is 0.702. The molecule has 20 heavy (non-hydrogen) atoms. The van der Waals surface area contributed by atoms with Crippen LogP contribution in [0.3, 0.4) is 0 Å². The highest BCUT2D eigenvalue weighted by atomic mass is 16.4. The van der Waals surface area contributed by atoms with E-state index in [1.54, 1.807) is 0 Å². The van der Waals surface area contributed by atoms with E-state index in [0.29, 0.717) is 5.92 Å². The molecule has 1 heterocycles. The second-order valence-corrected chi connectivity index (χ2v) is 6.62. The fourth-order valence-electron chi connectivity index (χ4n) is 3.47. The van der Waals surface area contributed by atoms with Crippen LogP contribution in [-0.2, 0) is 5.60 Å². The summed E-state index contributed by atoms with van der Waals surface area (Å²) in [7, 11) is 0. The Morgan fingerprint density at radius 3 is 2.75 bits per heavy atom. The smallest absolute Gasteiger partial charge is 0.136 e. The monoisotopic (exact) mass is 272 g/mol. The van der Waals surface area contributed by atoms with Crippen LogP contribution in [0, 0.1) is 11.8 Å². The molecule has 3 rings (SSSR count). The highest BCUT2D eigenvalue weighted by molar-refractivity contribution is 5.77.